The molecule has 0 bridgehead atoms. The van der Waals surface area contributed by atoms with Crippen LogP contribution in [0.15, 0.2) is 0 Å². The van der Waals surface area contributed by atoms with Gasteiger partial charge in [0.25, 0.3) is 0 Å². The fourth-order valence-corrected chi connectivity index (χ4v) is 1.29. The van der Waals surface area contributed by atoms with Crippen LogP contribution in [0.4, 0.5) is 0 Å². The third-order valence-corrected chi connectivity index (χ3v) is 2.04. The summed E-state index contributed by atoms with van der Waals surface area (Å²) in [6.07, 6.45) is -3.52. The van der Waals surface area contributed by atoms with E-state index in [9.17, 15) is 14.7 Å². The van der Waals surface area contributed by atoms with Gasteiger partial charge in [-0.2, -0.15) is 11.8 Å². The van der Waals surface area contributed by atoms with Gasteiger partial charge >= 0.3 is 5.97 Å². The Balaban J connectivity index is 4.93. The van der Waals surface area contributed by atoms with Crippen LogP contribution in [0, 0.1) is 0 Å². The molecule has 0 saturated carbocycles. The summed E-state index contributed by atoms with van der Waals surface area (Å²) in [4.78, 5) is 21.6. The Bertz CT molecular complexity index is 386. The van der Waals surface area contributed by atoms with Gasteiger partial charge in [-0.1, -0.05) is 0 Å². The Labute approximate surface area is 98.7 Å². The van der Waals surface area contributed by atoms with Crippen LogP contribution in [0.1, 0.15) is 13.8 Å². The van der Waals surface area contributed by atoms with Gasteiger partial charge in [0.05, 0.1) is 16.8 Å². The standard InChI is InChI=1S/C8H15NO5S/c1-5(11)9-7(8(13)14)4-15-3-6(12)2-10/h6-7,10,12H,2-4H2,1H3,(H,9,11)(H,13,14)/i2D2,3D2,6D. The number of hydrogen-bond acceptors (Lipinski definition) is 5. The van der Waals surface area contributed by atoms with E-state index in [0.29, 0.717) is 0 Å². The minimum atomic E-state index is -3.56. The molecule has 0 aromatic heterocycles. The maximum absolute atomic E-state index is 10.8. The molecule has 0 aromatic rings. The number of hydrogen-bond donors (Lipinski definition) is 4. The third kappa shape index (κ3) is 7.18. The van der Waals surface area contributed by atoms with E-state index in [1.54, 1.807) is 0 Å². The zero-order chi connectivity index (χ0) is 16.4. The molecule has 15 heavy (non-hydrogen) atoms. The Hall–Kier alpha value is -0.790. The minimum absolute atomic E-state index is 0.0912. The highest BCUT2D eigenvalue weighted by atomic mass is 32.2. The summed E-state index contributed by atoms with van der Waals surface area (Å²) in [6, 6.07) is -1.48. The summed E-state index contributed by atoms with van der Waals surface area (Å²) in [7, 11) is 0. The first-order valence-electron chi connectivity index (χ1n) is 6.31. The first-order chi connectivity index (χ1) is 8.72. The fourth-order valence-electron chi connectivity index (χ4n) is 0.636. The molecule has 1 amide bonds. The SMILES string of the molecule is [2H]C([2H])(O)C([2H])(O)C([2H])([2H])SCC(NC(C)=O)C(=O)O. The average molecular weight is 242 g/mol. The number of rotatable bonds is 7. The van der Waals surface area contributed by atoms with Gasteiger partial charge in [-0.3, -0.25) is 4.79 Å². The number of thioether (sulfide) groups is 1. The van der Waals surface area contributed by atoms with Crippen molar-refractivity contribution in [1.29, 1.82) is 0 Å². The molecule has 0 saturated heterocycles. The van der Waals surface area contributed by atoms with Gasteiger partial charge in [0.2, 0.25) is 5.91 Å². The lowest BCUT2D eigenvalue weighted by molar-refractivity contribution is -0.140. The molecular weight excluding hydrogens is 222 g/mol. The second-order valence-electron chi connectivity index (χ2n) is 2.46. The van der Waals surface area contributed by atoms with E-state index in [2.05, 4.69) is 0 Å². The van der Waals surface area contributed by atoms with Crippen molar-refractivity contribution in [2.75, 3.05) is 18.0 Å². The number of carbonyl (C=O) groups is 2. The minimum Gasteiger partial charge on any atom is -0.480 e. The van der Waals surface area contributed by atoms with Crippen molar-refractivity contribution in [3.8, 4) is 0 Å². The molecule has 0 aliphatic carbocycles. The molecule has 88 valence electrons. The maximum atomic E-state index is 10.8. The zero-order valence-electron chi connectivity index (χ0n) is 12.9. The highest BCUT2D eigenvalue weighted by molar-refractivity contribution is 7.99. The fraction of sp³-hybridized carbons (Fsp3) is 0.750. The lowest BCUT2D eigenvalue weighted by atomic mass is 10.3. The van der Waals surface area contributed by atoms with E-state index in [0.717, 1.165) is 6.92 Å². The molecule has 4 N–H and O–H groups in total. The lowest BCUT2D eigenvalue weighted by Crippen LogP contribution is -2.41. The molecule has 0 rings (SSSR count). The van der Waals surface area contributed by atoms with E-state index in [1.807, 2.05) is 5.32 Å². The van der Waals surface area contributed by atoms with E-state index < -0.39 is 42.0 Å². The van der Waals surface area contributed by atoms with Gasteiger partial charge in [0.15, 0.2) is 0 Å². The molecule has 0 aliphatic rings. The zero-order valence-corrected chi connectivity index (χ0v) is 8.67. The summed E-state index contributed by atoms with van der Waals surface area (Å²) in [5.41, 5.74) is -3.02. The van der Waals surface area contributed by atoms with Gasteiger partial charge in [-0.15, -0.1) is 0 Å². The van der Waals surface area contributed by atoms with Gasteiger partial charge in [-0.25, -0.2) is 4.79 Å². The number of carboxylic acid groups (broad SMARTS) is 1. The molecule has 0 aromatic carbocycles. The summed E-state index contributed by atoms with van der Waals surface area (Å²) in [6.45, 7) is -2.50. The molecule has 0 fully saturated rings. The number of aliphatic carboxylic acids is 1. The van der Waals surface area contributed by atoms with Crippen LogP contribution < -0.4 is 5.32 Å². The Morgan fingerprint density at radius 2 is 2.27 bits per heavy atom. The van der Waals surface area contributed by atoms with E-state index in [4.69, 9.17) is 17.1 Å². The second-order valence-corrected chi connectivity index (χ2v) is 3.29. The molecule has 2 unspecified atom stereocenters. The van der Waals surface area contributed by atoms with Gasteiger partial charge in [-0.05, 0) is 0 Å². The first-order valence-corrected chi connectivity index (χ1v) is 4.79. The van der Waals surface area contributed by atoms with Crippen LogP contribution in [0.3, 0.4) is 0 Å². The molecule has 0 heterocycles. The monoisotopic (exact) mass is 242 g/mol. The molecule has 7 heteroatoms. The lowest BCUT2D eigenvalue weighted by Gasteiger charge is -2.13. The number of nitrogens with one attached hydrogen (secondary N) is 1. The topological polar surface area (TPSA) is 107 Å². The van der Waals surface area contributed by atoms with Gasteiger partial charge < -0.3 is 20.6 Å². The van der Waals surface area contributed by atoms with Gasteiger partial charge in [0.1, 0.15) is 6.04 Å². The molecular formula is C8H15NO5S. The number of carboxylic acids is 1. The third-order valence-electron chi connectivity index (χ3n) is 1.20. The molecule has 0 radical (unpaired) electrons. The van der Waals surface area contributed by atoms with Crippen molar-refractivity contribution < 1.29 is 31.8 Å². The molecule has 0 spiro atoms. The molecule has 0 aliphatic heterocycles. The van der Waals surface area contributed by atoms with Crippen LogP contribution in [0.5, 0.6) is 0 Å². The van der Waals surface area contributed by atoms with E-state index >= 15 is 0 Å². The smallest absolute Gasteiger partial charge is 0.327 e. The second kappa shape index (κ2) is 7.49. The number of aliphatic hydroxyl groups is 2. The van der Waals surface area contributed by atoms with Crippen LogP contribution in [0.2, 0.25) is 0 Å². The Kier molecular flexibility index (Phi) is 3.74. The van der Waals surface area contributed by atoms with Crippen LogP contribution in [-0.2, 0) is 9.59 Å². The van der Waals surface area contributed by atoms with Crippen molar-refractivity contribution >= 4 is 23.6 Å². The van der Waals surface area contributed by atoms with Crippen LogP contribution in [-0.4, -0.2) is 57.3 Å². The average Bonchev–Trinajstić information content (AvgIpc) is 2.21. The Morgan fingerprint density at radius 1 is 1.67 bits per heavy atom. The predicted octanol–water partition coefficient (Wildman–Crippen LogP) is -1.34. The Morgan fingerprint density at radius 3 is 2.67 bits per heavy atom. The van der Waals surface area contributed by atoms with E-state index in [1.165, 1.54) is 0 Å². The van der Waals surface area contributed by atoms with Crippen molar-refractivity contribution in [3.05, 3.63) is 0 Å². The van der Waals surface area contributed by atoms with Crippen LogP contribution >= 0.6 is 11.8 Å². The maximum Gasteiger partial charge on any atom is 0.327 e. The summed E-state index contributed by atoms with van der Waals surface area (Å²) in [5.74, 6) is -2.69. The van der Waals surface area contributed by atoms with Crippen molar-refractivity contribution in [2.24, 2.45) is 0 Å². The highest BCUT2D eigenvalue weighted by Gasteiger charge is 2.18. The first kappa shape index (κ1) is 7.48. The number of carbonyl (C=O) groups excluding carboxylic acids is 1. The largest absolute Gasteiger partial charge is 0.480 e. The normalized spacial score (nSPS) is 23.3. The van der Waals surface area contributed by atoms with Crippen molar-refractivity contribution in [3.63, 3.8) is 0 Å². The van der Waals surface area contributed by atoms with Crippen molar-refractivity contribution in [2.45, 2.75) is 19.0 Å². The molecule has 2 atom stereocenters. The summed E-state index contributed by atoms with van der Waals surface area (Å²) in [5, 5.41) is 29.2. The quantitative estimate of drug-likeness (QED) is 0.440. The van der Waals surface area contributed by atoms with Gasteiger partial charge in [0, 0.05) is 21.1 Å². The van der Waals surface area contributed by atoms with Crippen molar-refractivity contribution in [1.82, 2.24) is 5.32 Å². The summed E-state index contributed by atoms with van der Waals surface area (Å²) >= 11 is 0.0912. The number of amides is 1. The van der Waals surface area contributed by atoms with Crippen LogP contribution in [0.25, 0.3) is 0 Å². The summed E-state index contributed by atoms with van der Waals surface area (Å²) < 4.78 is 35.6. The molecule has 6 nitrogen and oxygen atoms in total. The van der Waals surface area contributed by atoms with E-state index in [-0.39, 0.29) is 11.8 Å². The highest BCUT2D eigenvalue weighted by Crippen LogP contribution is 2.05. The predicted molar refractivity (Wildman–Crippen MR) is 55.7 cm³/mol.